The number of rotatable bonds is 3. The molecule has 0 atom stereocenters. The molecular weight excluding hydrogens is 190 g/mol. The van der Waals surface area contributed by atoms with Crippen LogP contribution in [0.15, 0.2) is 12.4 Å². The maximum atomic E-state index is 10.9. The molecule has 2 aromatic rings. The molecule has 78 valence electrons. The Labute approximate surface area is 87.7 Å². The van der Waals surface area contributed by atoms with Crippen LogP contribution in [0.2, 0.25) is 0 Å². The molecule has 0 aliphatic heterocycles. The fourth-order valence-electron chi connectivity index (χ4n) is 1.72. The SMILES string of the molecule is CCNc1c(C=O)cnc2[nH]cc(C)c12. The van der Waals surface area contributed by atoms with Gasteiger partial charge in [0.15, 0.2) is 6.29 Å². The highest BCUT2D eigenvalue weighted by Gasteiger charge is 2.10. The molecular formula is C11H13N3O. The lowest BCUT2D eigenvalue weighted by molar-refractivity contribution is 0.112. The fourth-order valence-corrected chi connectivity index (χ4v) is 1.72. The Balaban J connectivity index is 2.76. The second kappa shape index (κ2) is 3.73. The maximum Gasteiger partial charge on any atom is 0.153 e. The zero-order chi connectivity index (χ0) is 10.8. The van der Waals surface area contributed by atoms with Crippen LogP contribution in [-0.2, 0) is 0 Å². The Morgan fingerprint density at radius 1 is 1.60 bits per heavy atom. The van der Waals surface area contributed by atoms with E-state index in [1.54, 1.807) is 6.20 Å². The normalized spacial score (nSPS) is 10.5. The Bertz CT molecular complexity index is 502. The Hall–Kier alpha value is -1.84. The van der Waals surface area contributed by atoms with Crippen LogP contribution in [0.3, 0.4) is 0 Å². The van der Waals surface area contributed by atoms with Gasteiger partial charge < -0.3 is 10.3 Å². The molecule has 0 aliphatic rings. The van der Waals surface area contributed by atoms with Crippen LogP contribution < -0.4 is 5.32 Å². The molecule has 0 radical (unpaired) electrons. The number of carbonyl (C=O) groups is 1. The minimum atomic E-state index is 0.604. The van der Waals surface area contributed by atoms with Gasteiger partial charge in [-0.3, -0.25) is 4.79 Å². The van der Waals surface area contributed by atoms with E-state index in [1.165, 1.54) is 0 Å². The van der Waals surface area contributed by atoms with Gasteiger partial charge in [0.1, 0.15) is 5.65 Å². The highest BCUT2D eigenvalue weighted by molar-refractivity contribution is 6.00. The molecule has 2 rings (SSSR count). The van der Waals surface area contributed by atoms with Crippen LogP contribution in [0, 0.1) is 6.92 Å². The van der Waals surface area contributed by atoms with Gasteiger partial charge in [0.05, 0.1) is 11.3 Å². The second-order valence-corrected chi connectivity index (χ2v) is 3.43. The molecule has 0 fully saturated rings. The lowest BCUT2D eigenvalue weighted by atomic mass is 10.1. The maximum absolute atomic E-state index is 10.9. The van der Waals surface area contributed by atoms with E-state index in [0.29, 0.717) is 5.56 Å². The molecule has 15 heavy (non-hydrogen) atoms. The molecule has 0 spiro atoms. The van der Waals surface area contributed by atoms with E-state index in [-0.39, 0.29) is 0 Å². The lowest BCUT2D eigenvalue weighted by Gasteiger charge is -2.08. The number of aldehydes is 1. The molecule has 4 nitrogen and oxygen atoms in total. The summed E-state index contributed by atoms with van der Waals surface area (Å²) in [5, 5.41) is 4.21. The van der Waals surface area contributed by atoms with Gasteiger partial charge in [-0.25, -0.2) is 4.98 Å². The standard InChI is InChI=1S/C11H13N3O/c1-3-12-10-8(6-15)5-14-11-9(10)7(2)4-13-11/h4-6H,3H2,1-2H3,(H2,12,13,14). The van der Waals surface area contributed by atoms with Crippen LogP contribution in [0.4, 0.5) is 5.69 Å². The van der Waals surface area contributed by atoms with Crippen molar-refractivity contribution in [1.29, 1.82) is 0 Å². The first-order valence-electron chi connectivity index (χ1n) is 4.93. The molecule has 4 heteroatoms. The molecule has 0 saturated heterocycles. The molecule has 0 aliphatic carbocycles. The molecule has 0 aromatic carbocycles. The molecule has 0 amide bonds. The van der Waals surface area contributed by atoms with Crippen LogP contribution in [0.5, 0.6) is 0 Å². The third kappa shape index (κ3) is 1.48. The Kier molecular flexibility index (Phi) is 2.41. The Morgan fingerprint density at radius 2 is 2.40 bits per heavy atom. The summed E-state index contributed by atoms with van der Waals surface area (Å²) in [4.78, 5) is 18.1. The third-order valence-electron chi connectivity index (χ3n) is 2.41. The fraction of sp³-hybridized carbons (Fsp3) is 0.273. The third-order valence-corrected chi connectivity index (χ3v) is 2.41. The van der Waals surface area contributed by atoms with E-state index in [4.69, 9.17) is 0 Å². The number of nitrogens with zero attached hydrogens (tertiary/aromatic N) is 1. The molecule has 0 bridgehead atoms. The number of aromatic amines is 1. The highest BCUT2D eigenvalue weighted by Crippen LogP contribution is 2.27. The summed E-state index contributed by atoms with van der Waals surface area (Å²) in [6, 6.07) is 0. The van der Waals surface area contributed by atoms with Gasteiger partial charge in [-0.15, -0.1) is 0 Å². The summed E-state index contributed by atoms with van der Waals surface area (Å²) in [6.07, 6.45) is 4.31. The largest absolute Gasteiger partial charge is 0.384 e. The van der Waals surface area contributed by atoms with E-state index < -0.39 is 0 Å². The molecule has 2 heterocycles. The van der Waals surface area contributed by atoms with Crippen molar-refractivity contribution >= 4 is 23.0 Å². The number of aromatic nitrogens is 2. The number of H-pyrrole nitrogens is 1. The summed E-state index contributed by atoms with van der Waals surface area (Å²) in [5.41, 5.74) is 3.38. The number of nitrogens with one attached hydrogen (secondary N) is 2. The first-order valence-corrected chi connectivity index (χ1v) is 4.93. The van der Waals surface area contributed by atoms with Crippen molar-refractivity contribution in [2.24, 2.45) is 0 Å². The van der Waals surface area contributed by atoms with Crippen molar-refractivity contribution in [3.05, 3.63) is 23.5 Å². The van der Waals surface area contributed by atoms with Gasteiger partial charge in [-0.05, 0) is 19.4 Å². The first-order chi connectivity index (χ1) is 7.27. The van der Waals surface area contributed by atoms with E-state index >= 15 is 0 Å². The van der Waals surface area contributed by atoms with E-state index in [9.17, 15) is 4.79 Å². The number of fused-ring (bicyclic) bond motifs is 1. The smallest absolute Gasteiger partial charge is 0.153 e. The van der Waals surface area contributed by atoms with Crippen molar-refractivity contribution in [2.75, 3.05) is 11.9 Å². The van der Waals surface area contributed by atoms with Crippen molar-refractivity contribution < 1.29 is 4.79 Å². The molecule has 0 saturated carbocycles. The monoisotopic (exact) mass is 203 g/mol. The number of pyridine rings is 1. The van der Waals surface area contributed by atoms with Crippen molar-refractivity contribution in [1.82, 2.24) is 9.97 Å². The minimum absolute atomic E-state index is 0.604. The summed E-state index contributed by atoms with van der Waals surface area (Å²) in [6.45, 7) is 4.78. The summed E-state index contributed by atoms with van der Waals surface area (Å²) < 4.78 is 0. The summed E-state index contributed by atoms with van der Waals surface area (Å²) in [5.74, 6) is 0. The van der Waals surface area contributed by atoms with E-state index in [2.05, 4.69) is 15.3 Å². The van der Waals surface area contributed by atoms with E-state index in [0.717, 1.165) is 35.1 Å². The summed E-state index contributed by atoms with van der Waals surface area (Å²) in [7, 11) is 0. The van der Waals surface area contributed by atoms with Gasteiger partial charge in [0.25, 0.3) is 0 Å². The predicted molar refractivity (Wildman–Crippen MR) is 60.4 cm³/mol. The van der Waals surface area contributed by atoms with E-state index in [1.807, 2.05) is 20.0 Å². The number of hydrogen-bond donors (Lipinski definition) is 2. The van der Waals surface area contributed by atoms with Crippen LogP contribution in [0.1, 0.15) is 22.8 Å². The Morgan fingerprint density at radius 3 is 3.07 bits per heavy atom. The number of hydrogen-bond acceptors (Lipinski definition) is 3. The number of aryl methyl sites for hydroxylation is 1. The second-order valence-electron chi connectivity index (χ2n) is 3.43. The van der Waals surface area contributed by atoms with Crippen LogP contribution in [-0.4, -0.2) is 22.8 Å². The molecule has 0 unspecified atom stereocenters. The predicted octanol–water partition coefficient (Wildman–Crippen LogP) is 2.12. The van der Waals surface area contributed by atoms with Crippen molar-refractivity contribution in [3.63, 3.8) is 0 Å². The van der Waals surface area contributed by atoms with Crippen LogP contribution in [0.25, 0.3) is 11.0 Å². The highest BCUT2D eigenvalue weighted by atomic mass is 16.1. The van der Waals surface area contributed by atoms with Gasteiger partial charge >= 0.3 is 0 Å². The zero-order valence-corrected chi connectivity index (χ0v) is 8.79. The zero-order valence-electron chi connectivity index (χ0n) is 8.79. The lowest BCUT2D eigenvalue weighted by Crippen LogP contribution is -2.02. The first kappa shape index (κ1) is 9.71. The van der Waals surface area contributed by atoms with Crippen molar-refractivity contribution in [3.8, 4) is 0 Å². The molecule has 2 N–H and O–H groups in total. The quantitative estimate of drug-likeness (QED) is 0.751. The van der Waals surface area contributed by atoms with Gasteiger partial charge in [0.2, 0.25) is 0 Å². The average molecular weight is 203 g/mol. The number of anilines is 1. The van der Waals surface area contributed by atoms with Crippen LogP contribution >= 0.6 is 0 Å². The average Bonchev–Trinajstić information content (AvgIpc) is 2.62. The summed E-state index contributed by atoms with van der Waals surface area (Å²) >= 11 is 0. The van der Waals surface area contributed by atoms with Gasteiger partial charge in [-0.2, -0.15) is 0 Å². The number of carbonyl (C=O) groups excluding carboxylic acids is 1. The van der Waals surface area contributed by atoms with Gasteiger partial charge in [-0.1, -0.05) is 0 Å². The van der Waals surface area contributed by atoms with Gasteiger partial charge in [0, 0.05) is 24.3 Å². The van der Waals surface area contributed by atoms with Crippen molar-refractivity contribution in [2.45, 2.75) is 13.8 Å². The topological polar surface area (TPSA) is 57.8 Å². The molecule has 2 aromatic heterocycles. The minimum Gasteiger partial charge on any atom is -0.384 e.